The van der Waals surface area contributed by atoms with Crippen LogP contribution in [0.5, 0.6) is 5.75 Å². The Kier molecular flexibility index (Phi) is 3.36. The fourth-order valence-electron chi connectivity index (χ4n) is 1.71. The molecule has 2 N–H and O–H groups in total. The molecule has 2 aromatic heterocycles. The molecule has 1 aromatic carbocycles. The maximum atomic E-state index is 10.7. The second-order valence-corrected chi connectivity index (χ2v) is 5.12. The number of benzene rings is 1. The summed E-state index contributed by atoms with van der Waals surface area (Å²) in [5.41, 5.74) is 0.744. The quantitative estimate of drug-likeness (QED) is 0.764. The molecule has 0 bridgehead atoms. The minimum atomic E-state index is -1.11. The molecule has 0 saturated carbocycles. The van der Waals surface area contributed by atoms with E-state index in [0.717, 1.165) is 16.0 Å². The van der Waals surface area contributed by atoms with Crippen LogP contribution in [0.3, 0.4) is 0 Å². The van der Waals surface area contributed by atoms with E-state index in [1.807, 2.05) is 18.2 Å². The molecule has 0 aliphatic heterocycles. The zero-order chi connectivity index (χ0) is 14.8. The molecular formula is C13H10N4O3S. The Labute approximate surface area is 123 Å². The van der Waals surface area contributed by atoms with Gasteiger partial charge in [0.1, 0.15) is 5.75 Å². The van der Waals surface area contributed by atoms with Gasteiger partial charge in [-0.1, -0.05) is 11.3 Å². The lowest BCUT2D eigenvalue weighted by molar-refractivity contribution is 0.0689. The average Bonchev–Trinajstić information content (AvgIpc) is 2.88. The minimum absolute atomic E-state index is 0.102. The van der Waals surface area contributed by atoms with E-state index in [1.54, 1.807) is 13.2 Å². The van der Waals surface area contributed by atoms with Crippen LogP contribution in [0.25, 0.3) is 10.2 Å². The topological polar surface area (TPSA) is 97.2 Å². The molecular weight excluding hydrogens is 292 g/mol. The van der Waals surface area contributed by atoms with Crippen LogP contribution in [0.1, 0.15) is 10.5 Å². The van der Waals surface area contributed by atoms with Crippen LogP contribution in [0.4, 0.5) is 10.9 Å². The number of nitrogens with one attached hydrogen (secondary N) is 1. The van der Waals surface area contributed by atoms with Crippen molar-refractivity contribution in [1.29, 1.82) is 0 Å². The van der Waals surface area contributed by atoms with Gasteiger partial charge in [-0.2, -0.15) is 0 Å². The Bertz CT molecular complexity index is 801. The molecule has 106 valence electrons. The van der Waals surface area contributed by atoms with Crippen LogP contribution < -0.4 is 10.1 Å². The number of carboxylic acids is 1. The molecule has 7 nitrogen and oxygen atoms in total. The third kappa shape index (κ3) is 2.75. The minimum Gasteiger partial charge on any atom is -0.497 e. The summed E-state index contributed by atoms with van der Waals surface area (Å²) in [7, 11) is 1.61. The molecule has 21 heavy (non-hydrogen) atoms. The first kappa shape index (κ1) is 13.3. The number of thiazole rings is 1. The molecule has 2 heterocycles. The summed E-state index contributed by atoms with van der Waals surface area (Å²) < 4.78 is 6.14. The molecule has 0 unspecified atom stereocenters. The Balaban J connectivity index is 1.85. The summed E-state index contributed by atoms with van der Waals surface area (Å²) in [5, 5.41) is 19.8. The highest BCUT2D eigenvalue weighted by Crippen LogP contribution is 2.30. The van der Waals surface area contributed by atoms with Crippen LogP contribution >= 0.6 is 11.3 Å². The van der Waals surface area contributed by atoms with Crippen molar-refractivity contribution in [1.82, 2.24) is 15.2 Å². The van der Waals surface area contributed by atoms with Gasteiger partial charge >= 0.3 is 5.97 Å². The Morgan fingerprint density at radius 1 is 1.29 bits per heavy atom. The number of carbonyl (C=O) groups is 1. The van der Waals surface area contributed by atoms with Gasteiger partial charge in [0.2, 0.25) is 0 Å². The number of nitrogens with zero attached hydrogens (tertiary/aromatic N) is 3. The van der Waals surface area contributed by atoms with Crippen molar-refractivity contribution < 1.29 is 14.6 Å². The first-order chi connectivity index (χ1) is 10.2. The lowest BCUT2D eigenvalue weighted by Gasteiger charge is -1.99. The number of hydrogen-bond donors (Lipinski definition) is 2. The van der Waals surface area contributed by atoms with Gasteiger partial charge in [-0.15, -0.1) is 10.2 Å². The smallest absolute Gasteiger partial charge is 0.356 e. The number of carboxylic acid groups (broad SMARTS) is 1. The monoisotopic (exact) mass is 302 g/mol. The zero-order valence-corrected chi connectivity index (χ0v) is 11.7. The predicted molar refractivity (Wildman–Crippen MR) is 78.4 cm³/mol. The highest BCUT2D eigenvalue weighted by atomic mass is 32.1. The van der Waals surface area contributed by atoms with Gasteiger partial charge < -0.3 is 15.2 Å². The van der Waals surface area contributed by atoms with Crippen molar-refractivity contribution >= 4 is 38.5 Å². The molecule has 0 radical (unpaired) electrons. The fourth-order valence-corrected chi connectivity index (χ4v) is 2.61. The predicted octanol–water partition coefficient (Wildman–Crippen LogP) is 2.54. The summed E-state index contributed by atoms with van der Waals surface area (Å²) in [5.74, 6) is 0.0930. The summed E-state index contributed by atoms with van der Waals surface area (Å²) in [6, 6.07) is 8.54. The first-order valence-corrected chi connectivity index (χ1v) is 6.76. The van der Waals surface area contributed by atoms with Gasteiger partial charge in [-0.05, 0) is 30.3 Å². The van der Waals surface area contributed by atoms with Gasteiger partial charge in [0.15, 0.2) is 16.6 Å². The molecule has 0 aliphatic rings. The van der Waals surface area contributed by atoms with Crippen molar-refractivity contribution in [3.63, 3.8) is 0 Å². The Hall–Kier alpha value is -2.74. The van der Waals surface area contributed by atoms with E-state index in [1.165, 1.54) is 17.4 Å². The number of methoxy groups -OCH3 is 1. The first-order valence-electron chi connectivity index (χ1n) is 5.94. The van der Waals surface area contributed by atoms with E-state index in [2.05, 4.69) is 20.5 Å². The van der Waals surface area contributed by atoms with E-state index in [0.29, 0.717) is 10.9 Å². The molecule has 0 amide bonds. The van der Waals surface area contributed by atoms with Crippen molar-refractivity contribution in [2.75, 3.05) is 12.4 Å². The maximum absolute atomic E-state index is 10.7. The van der Waals surface area contributed by atoms with Crippen LogP contribution in [0, 0.1) is 0 Å². The van der Waals surface area contributed by atoms with Crippen LogP contribution in [0.2, 0.25) is 0 Å². The third-order valence-corrected chi connectivity index (χ3v) is 3.65. The van der Waals surface area contributed by atoms with Gasteiger partial charge in [0.25, 0.3) is 0 Å². The van der Waals surface area contributed by atoms with Crippen molar-refractivity contribution in [2.24, 2.45) is 0 Å². The lowest BCUT2D eigenvalue weighted by atomic mass is 10.3. The molecule has 0 fully saturated rings. The van der Waals surface area contributed by atoms with Crippen LogP contribution in [0.15, 0.2) is 30.3 Å². The number of aromatic nitrogens is 3. The average molecular weight is 302 g/mol. The Morgan fingerprint density at radius 2 is 2.14 bits per heavy atom. The number of ether oxygens (including phenoxy) is 1. The number of hydrogen-bond acceptors (Lipinski definition) is 7. The molecule has 3 aromatic rings. The van der Waals surface area contributed by atoms with Crippen LogP contribution in [-0.2, 0) is 0 Å². The standard InChI is InChI=1S/C13H10N4O3S/c1-20-7-2-3-8-10(6-7)21-13(14-8)15-11-5-4-9(12(18)19)16-17-11/h2-6H,1H3,(H,18,19)(H,14,15,17). The second-order valence-electron chi connectivity index (χ2n) is 4.09. The van der Waals surface area contributed by atoms with Crippen molar-refractivity contribution in [2.45, 2.75) is 0 Å². The highest BCUT2D eigenvalue weighted by molar-refractivity contribution is 7.22. The number of aromatic carboxylic acids is 1. The Morgan fingerprint density at radius 3 is 2.81 bits per heavy atom. The van der Waals surface area contributed by atoms with E-state index < -0.39 is 5.97 Å². The zero-order valence-electron chi connectivity index (χ0n) is 10.9. The molecule has 8 heteroatoms. The number of anilines is 2. The number of rotatable bonds is 4. The van der Waals surface area contributed by atoms with Gasteiger partial charge in [-0.25, -0.2) is 9.78 Å². The van der Waals surface area contributed by atoms with Gasteiger partial charge in [0.05, 0.1) is 17.3 Å². The van der Waals surface area contributed by atoms with E-state index in [4.69, 9.17) is 9.84 Å². The number of fused-ring (bicyclic) bond motifs is 1. The molecule has 0 saturated heterocycles. The van der Waals surface area contributed by atoms with Crippen molar-refractivity contribution in [3.05, 3.63) is 36.0 Å². The molecule has 0 aliphatic carbocycles. The van der Waals surface area contributed by atoms with Crippen LogP contribution in [-0.4, -0.2) is 33.4 Å². The van der Waals surface area contributed by atoms with E-state index in [9.17, 15) is 4.79 Å². The fraction of sp³-hybridized carbons (Fsp3) is 0.0769. The molecule has 0 atom stereocenters. The van der Waals surface area contributed by atoms with E-state index >= 15 is 0 Å². The van der Waals surface area contributed by atoms with E-state index in [-0.39, 0.29) is 5.69 Å². The highest BCUT2D eigenvalue weighted by Gasteiger charge is 2.08. The largest absolute Gasteiger partial charge is 0.497 e. The summed E-state index contributed by atoms with van der Waals surface area (Å²) in [6.07, 6.45) is 0. The molecule has 3 rings (SSSR count). The third-order valence-electron chi connectivity index (χ3n) is 2.71. The normalized spacial score (nSPS) is 10.5. The summed E-state index contributed by atoms with van der Waals surface area (Å²) in [6.45, 7) is 0. The SMILES string of the molecule is COc1ccc2nc(Nc3ccc(C(=O)O)nn3)sc2c1. The summed E-state index contributed by atoms with van der Waals surface area (Å²) in [4.78, 5) is 15.1. The second kappa shape index (κ2) is 5.33. The molecule has 0 spiro atoms. The summed E-state index contributed by atoms with van der Waals surface area (Å²) >= 11 is 1.45. The maximum Gasteiger partial charge on any atom is 0.356 e. The van der Waals surface area contributed by atoms with Gasteiger partial charge in [-0.3, -0.25) is 0 Å². The van der Waals surface area contributed by atoms with Gasteiger partial charge in [0, 0.05) is 0 Å². The lowest BCUT2D eigenvalue weighted by Crippen LogP contribution is -2.03. The van der Waals surface area contributed by atoms with Crippen molar-refractivity contribution in [3.8, 4) is 5.75 Å².